The van der Waals surface area contributed by atoms with E-state index in [0.29, 0.717) is 62.8 Å². The van der Waals surface area contributed by atoms with Crippen LogP contribution in [0.2, 0.25) is 0 Å². The van der Waals surface area contributed by atoms with Gasteiger partial charge in [-0.15, -0.1) is 0 Å². The number of imide groups is 2. The van der Waals surface area contributed by atoms with Crippen LogP contribution in [0.25, 0.3) is 0 Å². The maximum Gasteiger partial charge on any atom is 0.268 e. The molecule has 4 aromatic rings. The van der Waals surface area contributed by atoms with E-state index in [9.17, 15) is 38.4 Å². The van der Waals surface area contributed by atoms with Crippen molar-refractivity contribution in [2.75, 3.05) is 70.5 Å². The molecule has 18 nitrogen and oxygen atoms in total. The predicted octanol–water partition coefficient (Wildman–Crippen LogP) is 3.00. The van der Waals surface area contributed by atoms with E-state index in [1.165, 1.54) is 11.8 Å². The first kappa shape index (κ1) is 46.1. The number of benzene rings is 3. The molecule has 1 unspecified atom stereocenters. The van der Waals surface area contributed by atoms with Crippen molar-refractivity contribution in [3.8, 4) is 0 Å². The maximum absolute atomic E-state index is 13.5. The monoisotopic (exact) mass is 924 g/mol. The van der Waals surface area contributed by atoms with Gasteiger partial charge in [0.25, 0.3) is 23.6 Å². The highest BCUT2D eigenvalue weighted by Crippen LogP contribution is 2.49. The molecule has 4 N–H and O–H groups in total. The van der Waals surface area contributed by atoms with Gasteiger partial charge in [-0.3, -0.25) is 58.4 Å². The van der Waals surface area contributed by atoms with E-state index >= 15 is 0 Å². The summed E-state index contributed by atoms with van der Waals surface area (Å²) in [5.41, 5.74) is 5.42. The van der Waals surface area contributed by atoms with Crippen LogP contribution < -0.4 is 21.3 Å². The van der Waals surface area contributed by atoms with Gasteiger partial charge in [0, 0.05) is 103 Å². The van der Waals surface area contributed by atoms with Crippen LogP contribution in [0.4, 0.5) is 11.4 Å². The van der Waals surface area contributed by atoms with Crippen LogP contribution in [-0.2, 0) is 44.4 Å². The molecule has 68 heavy (non-hydrogen) atoms. The molecular weight excluding hydrogens is 869 g/mol. The van der Waals surface area contributed by atoms with Gasteiger partial charge in [-0.25, -0.2) is 0 Å². The largest absolute Gasteiger partial charge is 0.347 e. The quantitative estimate of drug-likeness (QED) is 0.135. The summed E-state index contributed by atoms with van der Waals surface area (Å²) in [5.74, 6) is -3.12. The van der Waals surface area contributed by atoms with E-state index in [-0.39, 0.29) is 71.8 Å². The second kappa shape index (κ2) is 19.3. The van der Waals surface area contributed by atoms with Crippen molar-refractivity contribution in [1.29, 1.82) is 0 Å². The molecule has 2 saturated heterocycles. The van der Waals surface area contributed by atoms with Crippen molar-refractivity contribution in [1.82, 2.24) is 39.7 Å². The zero-order valence-electron chi connectivity index (χ0n) is 38.3. The Labute approximate surface area is 394 Å². The van der Waals surface area contributed by atoms with Crippen molar-refractivity contribution in [2.24, 2.45) is 0 Å². The van der Waals surface area contributed by atoms with Crippen molar-refractivity contribution in [2.45, 2.75) is 69.7 Å². The third kappa shape index (κ3) is 9.30. The lowest BCUT2D eigenvalue weighted by Gasteiger charge is -2.53. The fourth-order valence-corrected chi connectivity index (χ4v) is 10.1. The zero-order chi connectivity index (χ0) is 47.7. The Morgan fingerprint density at radius 1 is 0.765 bits per heavy atom. The fourth-order valence-electron chi connectivity index (χ4n) is 10.1. The summed E-state index contributed by atoms with van der Waals surface area (Å²) in [7, 11) is 3.51. The van der Waals surface area contributed by atoms with Crippen LogP contribution in [0.1, 0.15) is 96.9 Å². The number of piperidine rings is 1. The Morgan fingerprint density at radius 3 is 2.18 bits per heavy atom. The molecule has 18 heteroatoms. The first-order chi connectivity index (χ1) is 32.8. The summed E-state index contributed by atoms with van der Waals surface area (Å²) in [4.78, 5) is 112. The zero-order valence-corrected chi connectivity index (χ0v) is 38.3. The average molecular weight is 925 g/mol. The fraction of sp³-hybridized carbons (Fsp3) is 0.400. The van der Waals surface area contributed by atoms with E-state index in [2.05, 4.69) is 41.7 Å². The molecule has 1 saturated carbocycles. The number of anilines is 2. The summed E-state index contributed by atoms with van der Waals surface area (Å²) in [6.45, 7) is 5.72. The summed E-state index contributed by atoms with van der Waals surface area (Å²) in [5, 5.41) is 11.0. The number of hydrogen-bond acceptors (Lipinski definition) is 11. The molecule has 354 valence electrons. The van der Waals surface area contributed by atoms with Crippen molar-refractivity contribution in [3.05, 3.63) is 118 Å². The topological polar surface area (TPSA) is 206 Å². The highest BCUT2D eigenvalue weighted by Gasteiger charge is 2.49. The SMILES string of the molecule is CN(C)C(=O)c1ccc(CN2CCn3c(C(=O)NCc4ccc(NC(=O)CCN5CCN(CC(=O)Nc6cccc7c6C(=O)N(C6CCC(=O)NC6=O)C7=O)CC5)cc4)ccc3C23CCC3)cc1. The minimum atomic E-state index is -1.10. The number of nitrogens with zero attached hydrogens (tertiary/aromatic N) is 6. The van der Waals surface area contributed by atoms with Crippen molar-refractivity contribution >= 4 is 58.6 Å². The average Bonchev–Trinajstić information content (AvgIpc) is 3.86. The summed E-state index contributed by atoms with van der Waals surface area (Å²) in [6.07, 6.45) is 3.53. The highest BCUT2D eigenvalue weighted by molar-refractivity contribution is 6.26. The van der Waals surface area contributed by atoms with Gasteiger partial charge in [0.2, 0.25) is 23.6 Å². The summed E-state index contributed by atoms with van der Waals surface area (Å²) >= 11 is 0. The molecule has 4 aliphatic heterocycles. The van der Waals surface area contributed by atoms with Gasteiger partial charge in [0.15, 0.2) is 0 Å². The van der Waals surface area contributed by atoms with E-state index in [4.69, 9.17) is 0 Å². The van der Waals surface area contributed by atoms with Crippen LogP contribution in [0.5, 0.6) is 0 Å². The molecule has 5 heterocycles. The van der Waals surface area contributed by atoms with Gasteiger partial charge in [-0.1, -0.05) is 30.3 Å². The van der Waals surface area contributed by atoms with Gasteiger partial charge in [0.05, 0.1) is 28.9 Å². The lowest BCUT2D eigenvalue weighted by atomic mass is 9.71. The third-order valence-electron chi connectivity index (χ3n) is 14.0. The number of carbonyl (C=O) groups is 8. The minimum absolute atomic E-state index is 0.00985. The van der Waals surface area contributed by atoms with Crippen LogP contribution in [0.3, 0.4) is 0 Å². The number of carbonyl (C=O) groups excluding carboxylic acids is 8. The van der Waals surface area contributed by atoms with Gasteiger partial charge in [-0.05, 0) is 85.3 Å². The normalized spacial score (nSPS) is 19.2. The van der Waals surface area contributed by atoms with Crippen LogP contribution in [0.15, 0.2) is 78.9 Å². The molecule has 8 amide bonds. The molecule has 9 rings (SSSR count). The first-order valence-electron chi connectivity index (χ1n) is 23.3. The van der Waals surface area contributed by atoms with Gasteiger partial charge < -0.3 is 30.3 Å². The summed E-state index contributed by atoms with van der Waals surface area (Å²) in [6, 6.07) is 22.8. The molecule has 1 spiro atoms. The number of rotatable bonds is 14. The third-order valence-corrected chi connectivity index (χ3v) is 14.0. The molecule has 1 aliphatic carbocycles. The van der Waals surface area contributed by atoms with E-state index in [1.54, 1.807) is 31.1 Å². The number of hydrogen-bond donors (Lipinski definition) is 4. The number of piperazine rings is 1. The van der Waals surface area contributed by atoms with Crippen LogP contribution in [0, 0.1) is 0 Å². The van der Waals surface area contributed by atoms with Crippen LogP contribution >= 0.6 is 0 Å². The molecule has 5 aliphatic rings. The Bertz CT molecular complexity index is 2670. The van der Waals surface area contributed by atoms with E-state index < -0.39 is 29.7 Å². The van der Waals surface area contributed by atoms with Gasteiger partial charge >= 0.3 is 0 Å². The molecule has 0 bridgehead atoms. The number of amides is 8. The highest BCUT2D eigenvalue weighted by atomic mass is 16.2. The van der Waals surface area contributed by atoms with Gasteiger partial charge in [-0.2, -0.15) is 0 Å². The van der Waals surface area contributed by atoms with Gasteiger partial charge in [0.1, 0.15) is 11.7 Å². The molecule has 3 aromatic carbocycles. The maximum atomic E-state index is 13.5. The molecular formula is C50H56N10O8. The Morgan fingerprint density at radius 2 is 1.49 bits per heavy atom. The molecule has 3 fully saturated rings. The Hall–Kier alpha value is -7.02. The lowest BCUT2D eigenvalue weighted by Crippen LogP contribution is -2.56. The Balaban J connectivity index is 0.694. The minimum Gasteiger partial charge on any atom is -0.347 e. The first-order valence-corrected chi connectivity index (χ1v) is 23.3. The number of fused-ring (bicyclic) bond motifs is 3. The van der Waals surface area contributed by atoms with Crippen molar-refractivity contribution < 1.29 is 38.4 Å². The predicted molar refractivity (Wildman–Crippen MR) is 250 cm³/mol. The number of nitrogens with one attached hydrogen (secondary N) is 4. The molecule has 1 atom stereocenters. The van der Waals surface area contributed by atoms with E-state index in [0.717, 1.165) is 48.4 Å². The molecule has 0 radical (unpaired) electrons. The molecule has 1 aromatic heterocycles. The van der Waals surface area contributed by atoms with E-state index in [1.807, 2.05) is 59.5 Å². The second-order valence-electron chi connectivity index (χ2n) is 18.5. The van der Waals surface area contributed by atoms with Crippen molar-refractivity contribution in [3.63, 3.8) is 0 Å². The second-order valence-corrected chi connectivity index (χ2v) is 18.5. The number of aromatic nitrogens is 1. The summed E-state index contributed by atoms with van der Waals surface area (Å²) < 4.78 is 2.18. The smallest absolute Gasteiger partial charge is 0.268 e. The van der Waals surface area contributed by atoms with Crippen LogP contribution in [-0.4, -0.2) is 142 Å². The standard InChI is InChI=1S/C50H56N10O8/c1-55(2)47(66)34-11-7-33(8-12-34)30-58-27-28-59-38(15-17-40(59)50(58)20-4-21-50)45(64)51-29-32-9-13-35(14-10-32)52-42(62)19-22-56-23-25-57(26-24-56)31-43(63)53-37-6-3-5-36-44(37)49(68)60(48(36)67)39-16-18-41(61)54-46(39)65/h3,5-15,17,39H,4,16,18-31H2,1-2H3,(H,51,64)(H,52,62)(H,53,63)(H,54,61,65). The Kier molecular flexibility index (Phi) is 13.1. The lowest BCUT2D eigenvalue weighted by molar-refractivity contribution is -0.136.